The summed E-state index contributed by atoms with van der Waals surface area (Å²) in [4.78, 5) is 17.7. The normalized spacial score (nSPS) is 17.4. The fraction of sp³-hybridized carbons (Fsp3) is 0.417. The molecule has 4 nitrogen and oxygen atoms in total. The van der Waals surface area contributed by atoms with Gasteiger partial charge >= 0.3 is 0 Å². The van der Waals surface area contributed by atoms with Gasteiger partial charge in [0.05, 0.1) is 23.1 Å². The molecular weight excluding hydrogens is 346 g/mol. The fourth-order valence-corrected chi connectivity index (χ4v) is 4.42. The Morgan fingerprint density at radius 2 is 1.68 bits per heavy atom. The summed E-state index contributed by atoms with van der Waals surface area (Å²) in [7, 11) is 0. The summed E-state index contributed by atoms with van der Waals surface area (Å²) in [6, 6.07) is 18.7. The number of para-hydroxylation sites is 2. The minimum absolute atomic E-state index is 0.131. The van der Waals surface area contributed by atoms with Crippen molar-refractivity contribution in [2.24, 2.45) is 5.92 Å². The van der Waals surface area contributed by atoms with E-state index in [2.05, 4.69) is 54.1 Å². The summed E-state index contributed by atoms with van der Waals surface area (Å²) in [6.07, 6.45) is 5.60. The first-order valence-corrected chi connectivity index (χ1v) is 10.5. The number of hydrogen-bond acceptors (Lipinski definition) is 2. The number of fused-ring (bicyclic) bond motifs is 1. The quantitative estimate of drug-likeness (QED) is 0.649. The Bertz CT molecular complexity index is 941. The van der Waals surface area contributed by atoms with Crippen molar-refractivity contribution >= 4 is 16.9 Å². The van der Waals surface area contributed by atoms with Crippen molar-refractivity contribution < 1.29 is 4.79 Å². The lowest BCUT2D eigenvalue weighted by Gasteiger charge is -2.25. The highest BCUT2D eigenvalue weighted by Crippen LogP contribution is 2.30. The van der Waals surface area contributed by atoms with Crippen molar-refractivity contribution in [2.45, 2.75) is 58.0 Å². The molecule has 2 aromatic carbocycles. The number of amides is 1. The lowest BCUT2D eigenvalue weighted by atomic mass is 9.88. The number of imidazole rings is 1. The van der Waals surface area contributed by atoms with E-state index in [4.69, 9.17) is 4.98 Å². The summed E-state index contributed by atoms with van der Waals surface area (Å²) >= 11 is 0. The predicted octanol–water partition coefficient (Wildman–Crippen LogP) is 5.40. The van der Waals surface area contributed by atoms with Crippen LogP contribution in [0.2, 0.25) is 0 Å². The van der Waals surface area contributed by atoms with Gasteiger partial charge in [-0.05, 0) is 44.4 Å². The number of nitrogens with one attached hydrogen (secondary N) is 1. The molecule has 1 aromatic heterocycles. The molecule has 0 aliphatic heterocycles. The van der Waals surface area contributed by atoms with Crippen molar-refractivity contribution in [3.63, 3.8) is 0 Å². The van der Waals surface area contributed by atoms with Gasteiger partial charge in [0.1, 0.15) is 5.82 Å². The van der Waals surface area contributed by atoms with Gasteiger partial charge in [-0.3, -0.25) is 4.79 Å². The van der Waals surface area contributed by atoms with Crippen LogP contribution in [0.4, 0.5) is 0 Å². The molecule has 2 atom stereocenters. The highest BCUT2D eigenvalue weighted by atomic mass is 16.1. The zero-order valence-corrected chi connectivity index (χ0v) is 16.8. The lowest BCUT2D eigenvalue weighted by Crippen LogP contribution is -2.35. The van der Waals surface area contributed by atoms with Crippen LogP contribution in [0.15, 0.2) is 54.6 Å². The van der Waals surface area contributed by atoms with Crippen molar-refractivity contribution in [3.8, 4) is 0 Å². The van der Waals surface area contributed by atoms with Crippen LogP contribution >= 0.6 is 0 Å². The van der Waals surface area contributed by atoms with E-state index in [9.17, 15) is 4.79 Å². The first kappa shape index (κ1) is 18.7. The van der Waals surface area contributed by atoms with Crippen LogP contribution in [-0.4, -0.2) is 15.5 Å². The molecule has 146 valence electrons. The minimum atomic E-state index is -0.131. The Balaban J connectivity index is 1.67. The number of carbonyl (C=O) groups excluding carboxylic acids is 1. The van der Waals surface area contributed by atoms with Crippen LogP contribution in [-0.2, 0) is 4.79 Å². The molecule has 0 saturated heterocycles. The Labute approximate surface area is 167 Å². The molecule has 4 rings (SSSR count). The molecule has 1 aliphatic carbocycles. The van der Waals surface area contributed by atoms with Gasteiger partial charge in [0.15, 0.2) is 0 Å². The summed E-state index contributed by atoms with van der Waals surface area (Å²) in [5, 5.41) is 3.25. The van der Waals surface area contributed by atoms with Crippen LogP contribution in [0.5, 0.6) is 0 Å². The molecule has 1 amide bonds. The topological polar surface area (TPSA) is 46.9 Å². The van der Waals surface area contributed by atoms with Gasteiger partial charge in [0.25, 0.3) is 0 Å². The Morgan fingerprint density at radius 3 is 2.43 bits per heavy atom. The standard InChI is InChI=1S/C24H29N3O/c1-17(25-24(28)20-13-7-4-8-14-20)23-26-21-15-9-10-16-22(21)27(23)18(2)19-11-5-3-6-12-19/h3,5-6,9-12,15-18,20H,4,7-8,13-14H2,1-2H3,(H,25,28). The van der Waals surface area contributed by atoms with E-state index in [0.29, 0.717) is 0 Å². The molecule has 0 spiro atoms. The highest BCUT2D eigenvalue weighted by molar-refractivity contribution is 5.80. The third-order valence-corrected chi connectivity index (χ3v) is 6.01. The molecule has 1 aliphatic rings. The number of benzene rings is 2. The van der Waals surface area contributed by atoms with Crippen molar-refractivity contribution in [1.29, 1.82) is 0 Å². The summed E-state index contributed by atoms with van der Waals surface area (Å²) < 4.78 is 2.27. The van der Waals surface area contributed by atoms with Gasteiger partial charge < -0.3 is 9.88 Å². The zero-order valence-electron chi connectivity index (χ0n) is 16.8. The van der Waals surface area contributed by atoms with Crippen LogP contribution in [0, 0.1) is 5.92 Å². The molecule has 1 heterocycles. The molecule has 4 heteroatoms. The van der Waals surface area contributed by atoms with E-state index in [-0.39, 0.29) is 23.9 Å². The second kappa shape index (κ2) is 8.17. The molecule has 3 aromatic rings. The monoisotopic (exact) mass is 375 g/mol. The maximum atomic E-state index is 12.8. The van der Waals surface area contributed by atoms with Crippen LogP contribution < -0.4 is 5.32 Å². The third kappa shape index (κ3) is 3.68. The molecule has 0 radical (unpaired) electrons. The summed E-state index contributed by atoms with van der Waals surface area (Å²) in [6.45, 7) is 4.25. The Morgan fingerprint density at radius 1 is 1.00 bits per heavy atom. The van der Waals surface area contributed by atoms with Gasteiger partial charge in [-0.25, -0.2) is 4.98 Å². The van der Waals surface area contributed by atoms with E-state index >= 15 is 0 Å². The lowest BCUT2D eigenvalue weighted by molar-refractivity contribution is -0.126. The fourth-order valence-electron chi connectivity index (χ4n) is 4.42. The largest absolute Gasteiger partial charge is 0.346 e. The highest BCUT2D eigenvalue weighted by Gasteiger charge is 2.26. The number of rotatable bonds is 5. The molecule has 28 heavy (non-hydrogen) atoms. The van der Waals surface area contributed by atoms with Gasteiger partial charge in [0.2, 0.25) is 5.91 Å². The molecule has 1 N–H and O–H groups in total. The number of aromatic nitrogens is 2. The second-order valence-electron chi connectivity index (χ2n) is 7.98. The molecule has 0 bridgehead atoms. The number of nitrogens with zero attached hydrogens (tertiary/aromatic N) is 2. The first-order chi connectivity index (χ1) is 13.6. The average Bonchev–Trinajstić information content (AvgIpc) is 3.14. The summed E-state index contributed by atoms with van der Waals surface area (Å²) in [5.74, 6) is 1.25. The van der Waals surface area contributed by atoms with Crippen molar-refractivity contribution in [3.05, 3.63) is 66.0 Å². The smallest absolute Gasteiger partial charge is 0.223 e. The molecular formula is C24H29N3O. The zero-order chi connectivity index (χ0) is 19.5. The maximum absolute atomic E-state index is 12.8. The Hall–Kier alpha value is -2.62. The van der Waals surface area contributed by atoms with Gasteiger partial charge in [-0.2, -0.15) is 0 Å². The molecule has 1 saturated carbocycles. The molecule has 1 fully saturated rings. The number of carbonyl (C=O) groups is 1. The van der Waals surface area contributed by atoms with Crippen molar-refractivity contribution in [2.75, 3.05) is 0 Å². The van der Waals surface area contributed by atoms with Gasteiger partial charge in [-0.15, -0.1) is 0 Å². The van der Waals surface area contributed by atoms with E-state index in [1.165, 1.54) is 12.0 Å². The van der Waals surface area contributed by atoms with Crippen molar-refractivity contribution in [1.82, 2.24) is 14.9 Å². The second-order valence-corrected chi connectivity index (χ2v) is 7.98. The number of hydrogen-bond donors (Lipinski definition) is 1. The predicted molar refractivity (Wildman–Crippen MR) is 113 cm³/mol. The van der Waals surface area contributed by atoms with E-state index in [1.807, 2.05) is 24.3 Å². The minimum Gasteiger partial charge on any atom is -0.346 e. The van der Waals surface area contributed by atoms with Gasteiger partial charge in [0, 0.05) is 5.92 Å². The third-order valence-electron chi connectivity index (χ3n) is 6.01. The van der Waals surface area contributed by atoms with E-state index in [0.717, 1.165) is 42.5 Å². The maximum Gasteiger partial charge on any atom is 0.223 e. The van der Waals surface area contributed by atoms with E-state index in [1.54, 1.807) is 0 Å². The van der Waals surface area contributed by atoms with E-state index < -0.39 is 0 Å². The average molecular weight is 376 g/mol. The summed E-state index contributed by atoms with van der Waals surface area (Å²) in [5.41, 5.74) is 3.31. The Kier molecular flexibility index (Phi) is 5.47. The van der Waals surface area contributed by atoms with Crippen LogP contribution in [0.25, 0.3) is 11.0 Å². The van der Waals surface area contributed by atoms with Gasteiger partial charge in [-0.1, -0.05) is 61.7 Å². The van der Waals surface area contributed by atoms with Crippen LogP contribution in [0.3, 0.4) is 0 Å². The first-order valence-electron chi connectivity index (χ1n) is 10.5. The SMILES string of the molecule is CC(NC(=O)C1CCCCC1)c1nc2ccccc2n1C(C)c1ccccc1. The van der Waals surface area contributed by atoms with Crippen LogP contribution in [0.1, 0.15) is 69.4 Å². The molecule has 2 unspecified atom stereocenters.